The molecule has 2 rings (SSSR count). The quantitative estimate of drug-likeness (QED) is 0.653. The van der Waals surface area contributed by atoms with Gasteiger partial charge in [0.1, 0.15) is 5.75 Å². The van der Waals surface area contributed by atoms with E-state index in [9.17, 15) is 4.79 Å². The second kappa shape index (κ2) is 4.93. The number of hydrogen-bond acceptors (Lipinski definition) is 5. The van der Waals surface area contributed by atoms with Crippen LogP contribution >= 0.6 is 0 Å². The van der Waals surface area contributed by atoms with Crippen LogP contribution in [0.3, 0.4) is 0 Å². The van der Waals surface area contributed by atoms with E-state index in [-0.39, 0.29) is 5.91 Å². The standard InChI is InChI=1S/C10H14N4O2/c1-16-9-5-3-2-4-8(9)10(15)13-14-6-11-12-7-14/h2-5,11-12H,6-7H2,1H3,(H,13,15). The lowest BCUT2D eigenvalue weighted by Crippen LogP contribution is -2.41. The SMILES string of the molecule is COc1ccccc1C(=O)NN1CNNC1. The zero-order valence-corrected chi connectivity index (χ0v) is 8.99. The molecule has 1 aromatic carbocycles. The van der Waals surface area contributed by atoms with Gasteiger partial charge in [-0.25, -0.2) is 10.9 Å². The van der Waals surface area contributed by atoms with Crippen molar-refractivity contribution in [3.8, 4) is 5.75 Å². The Hall–Kier alpha value is -1.63. The van der Waals surface area contributed by atoms with Gasteiger partial charge in [0.25, 0.3) is 5.91 Å². The first-order chi connectivity index (χ1) is 7.81. The van der Waals surface area contributed by atoms with Crippen molar-refractivity contribution in [3.63, 3.8) is 0 Å². The molecule has 1 aromatic rings. The molecule has 86 valence electrons. The van der Waals surface area contributed by atoms with Crippen LogP contribution in [0.5, 0.6) is 5.75 Å². The van der Waals surface area contributed by atoms with Crippen LogP contribution in [0, 0.1) is 0 Å². The minimum atomic E-state index is -0.178. The zero-order chi connectivity index (χ0) is 11.4. The number of benzene rings is 1. The third kappa shape index (κ3) is 2.30. The van der Waals surface area contributed by atoms with E-state index in [0.717, 1.165) is 0 Å². The highest BCUT2D eigenvalue weighted by Crippen LogP contribution is 2.16. The molecule has 16 heavy (non-hydrogen) atoms. The monoisotopic (exact) mass is 222 g/mol. The van der Waals surface area contributed by atoms with E-state index in [4.69, 9.17) is 4.74 Å². The average molecular weight is 222 g/mol. The number of hydrogen-bond donors (Lipinski definition) is 3. The van der Waals surface area contributed by atoms with Crippen molar-refractivity contribution in [3.05, 3.63) is 29.8 Å². The lowest BCUT2D eigenvalue weighted by molar-refractivity contribution is 0.0818. The largest absolute Gasteiger partial charge is 0.496 e. The van der Waals surface area contributed by atoms with E-state index in [2.05, 4.69) is 16.3 Å². The third-order valence-corrected chi connectivity index (χ3v) is 2.28. The van der Waals surface area contributed by atoms with Gasteiger partial charge in [0.2, 0.25) is 0 Å². The molecule has 0 atom stereocenters. The molecule has 3 N–H and O–H groups in total. The molecule has 1 aliphatic rings. The van der Waals surface area contributed by atoms with Crippen LogP contribution in [0.4, 0.5) is 0 Å². The molecule has 0 saturated carbocycles. The van der Waals surface area contributed by atoms with Crippen LogP contribution < -0.4 is 21.0 Å². The Morgan fingerprint density at radius 1 is 1.38 bits per heavy atom. The van der Waals surface area contributed by atoms with Crippen LogP contribution in [0.1, 0.15) is 10.4 Å². The Labute approximate surface area is 93.5 Å². The summed E-state index contributed by atoms with van der Waals surface area (Å²) in [6.07, 6.45) is 0. The van der Waals surface area contributed by atoms with Crippen molar-refractivity contribution < 1.29 is 9.53 Å². The molecule has 0 radical (unpaired) electrons. The Kier molecular flexibility index (Phi) is 3.35. The summed E-state index contributed by atoms with van der Waals surface area (Å²) in [6.45, 7) is 1.14. The first kappa shape index (κ1) is 10.9. The Morgan fingerprint density at radius 3 is 2.75 bits per heavy atom. The predicted octanol–water partition coefficient (Wildman–Crippen LogP) is -0.335. The first-order valence-electron chi connectivity index (χ1n) is 4.96. The molecule has 1 heterocycles. The first-order valence-corrected chi connectivity index (χ1v) is 4.96. The number of methoxy groups -OCH3 is 1. The van der Waals surface area contributed by atoms with Crippen LogP contribution in [0.15, 0.2) is 24.3 Å². The minimum absolute atomic E-state index is 0.178. The number of ether oxygens (including phenoxy) is 1. The van der Waals surface area contributed by atoms with Crippen molar-refractivity contribution in [2.75, 3.05) is 20.4 Å². The molecule has 1 fully saturated rings. The molecule has 0 spiro atoms. The van der Waals surface area contributed by atoms with Gasteiger partial charge in [0, 0.05) is 0 Å². The van der Waals surface area contributed by atoms with Crippen molar-refractivity contribution in [2.24, 2.45) is 0 Å². The summed E-state index contributed by atoms with van der Waals surface area (Å²) in [5, 5.41) is 1.73. The summed E-state index contributed by atoms with van der Waals surface area (Å²) < 4.78 is 5.12. The number of nitrogens with one attached hydrogen (secondary N) is 3. The fourth-order valence-electron chi connectivity index (χ4n) is 1.47. The normalized spacial score (nSPS) is 16.1. The highest BCUT2D eigenvalue weighted by molar-refractivity contribution is 5.96. The molecule has 0 bridgehead atoms. The summed E-state index contributed by atoms with van der Waals surface area (Å²) in [7, 11) is 1.55. The van der Waals surface area contributed by atoms with Crippen molar-refractivity contribution in [1.29, 1.82) is 0 Å². The number of hydrazine groups is 2. The van der Waals surface area contributed by atoms with Crippen molar-refractivity contribution >= 4 is 5.91 Å². The van der Waals surface area contributed by atoms with E-state index in [1.807, 2.05) is 6.07 Å². The number of carbonyl (C=O) groups excluding carboxylic acids is 1. The Balaban J connectivity index is 2.07. The second-order valence-corrected chi connectivity index (χ2v) is 3.35. The molecular formula is C10H14N4O2. The van der Waals surface area contributed by atoms with Gasteiger partial charge >= 0.3 is 0 Å². The maximum absolute atomic E-state index is 11.9. The number of nitrogens with zero attached hydrogens (tertiary/aromatic N) is 1. The van der Waals surface area contributed by atoms with Crippen molar-refractivity contribution in [2.45, 2.75) is 0 Å². The topological polar surface area (TPSA) is 65.6 Å². The number of carbonyl (C=O) groups is 1. The lowest BCUT2D eigenvalue weighted by Gasteiger charge is -2.15. The number of amides is 1. The Morgan fingerprint density at radius 2 is 2.06 bits per heavy atom. The molecule has 0 aliphatic carbocycles. The summed E-state index contributed by atoms with van der Waals surface area (Å²) >= 11 is 0. The number of para-hydroxylation sites is 1. The minimum Gasteiger partial charge on any atom is -0.496 e. The fourth-order valence-corrected chi connectivity index (χ4v) is 1.47. The van der Waals surface area contributed by atoms with E-state index in [1.165, 1.54) is 0 Å². The maximum Gasteiger partial charge on any atom is 0.269 e. The second-order valence-electron chi connectivity index (χ2n) is 3.35. The molecule has 1 saturated heterocycles. The molecular weight excluding hydrogens is 208 g/mol. The molecule has 1 amide bonds. The van der Waals surface area contributed by atoms with Gasteiger partial charge in [-0.1, -0.05) is 12.1 Å². The summed E-state index contributed by atoms with van der Waals surface area (Å²) in [4.78, 5) is 11.9. The van der Waals surface area contributed by atoms with Crippen LogP contribution in [-0.4, -0.2) is 31.4 Å². The fraction of sp³-hybridized carbons (Fsp3) is 0.300. The van der Waals surface area contributed by atoms with Gasteiger partial charge in [-0.05, 0) is 12.1 Å². The lowest BCUT2D eigenvalue weighted by atomic mass is 10.2. The van der Waals surface area contributed by atoms with Crippen LogP contribution in [0.2, 0.25) is 0 Å². The van der Waals surface area contributed by atoms with Crippen molar-refractivity contribution in [1.82, 2.24) is 21.3 Å². The molecule has 0 unspecified atom stereocenters. The van der Waals surface area contributed by atoms with Gasteiger partial charge in [-0.3, -0.25) is 10.2 Å². The van der Waals surface area contributed by atoms with E-state index >= 15 is 0 Å². The highest BCUT2D eigenvalue weighted by atomic mass is 16.5. The summed E-state index contributed by atoms with van der Waals surface area (Å²) in [5.41, 5.74) is 9.06. The van der Waals surface area contributed by atoms with Gasteiger partial charge in [0.05, 0.1) is 26.0 Å². The molecule has 6 heteroatoms. The highest BCUT2D eigenvalue weighted by Gasteiger charge is 2.16. The Bertz CT molecular complexity index is 377. The summed E-state index contributed by atoms with van der Waals surface area (Å²) in [5.74, 6) is 0.392. The smallest absolute Gasteiger partial charge is 0.269 e. The van der Waals surface area contributed by atoms with E-state index in [0.29, 0.717) is 24.7 Å². The number of rotatable bonds is 3. The maximum atomic E-state index is 11.9. The third-order valence-electron chi connectivity index (χ3n) is 2.28. The molecule has 6 nitrogen and oxygen atoms in total. The van der Waals surface area contributed by atoms with Gasteiger partial charge in [-0.15, -0.1) is 0 Å². The molecule has 0 aromatic heterocycles. The predicted molar refractivity (Wildman–Crippen MR) is 58.3 cm³/mol. The average Bonchev–Trinajstić information content (AvgIpc) is 2.81. The van der Waals surface area contributed by atoms with E-state index in [1.54, 1.807) is 30.3 Å². The van der Waals surface area contributed by atoms with Gasteiger partial charge in [-0.2, -0.15) is 5.01 Å². The van der Waals surface area contributed by atoms with Gasteiger partial charge in [0.15, 0.2) is 0 Å². The zero-order valence-electron chi connectivity index (χ0n) is 8.99. The van der Waals surface area contributed by atoms with E-state index < -0.39 is 0 Å². The van der Waals surface area contributed by atoms with Gasteiger partial charge < -0.3 is 4.74 Å². The van der Waals surface area contributed by atoms with Crippen LogP contribution in [-0.2, 0) is 0 Å². The van der Waals surface area contributed by atoms with Crippen LogP contribution in [0.25, 0.3) is 0 Å². The molecule has 1 aliphatic heterocycles. The summed E-state index contributed by atoms with van der Waals surface area (Å²) in [6, 6.07) is 7.12.